The number of aryl methyl sites for hydroxylation is 1. The quantitative estimate of drug-likeness (QED) is 0.894. The number of furan rings is 1. The summed E-state index contributed by atoms with van der Waals surface area (Å²) in [5.74, 6) is 0.579. The molecule has 6 nitrogen and oxygen atoms in total. The Balaban J connectivity index is 1.54. The van der Waals surface area contributed by atoms with Gasteiger partial charge in [-0.15, -0.1) is 0 Å². The number of nitrogens with zero attached hydrogens (tertiary/aromatic N) is 2. The number of aliphatic hydroxyl groups is 1. The Bertz CT molecular complexity index is 722. The highest BCUT2D eigenvalue weighted by molar-refractivity contribution is 5.94. The molecule has 0 saturated carbocycles. The minimum Gasteiger partial charge on any atom is -0.467 e. The lowest BCUT2D eigenvalue weighted by Gasteiger charge is -2.31. The summed E-state index contributed by atoms with van der Waals surface area (Å²) < 4.78 is 5.33. The van der Waals surface area contributed by atoms with Crippen molar-refractivity contribution in [2.45, 2.75) is 63.5 Å². The molecule has 2 aromatic rings. The van der Waals surface area contributed by atoms with Gasteiger partial charge in [0.25, 0.3) is 5.91 Å². The number of nitrogens with one attached hydrogen (secondary N) is 1. The summed E-state index contributed by atoms with van der Waals surface area (Å²) in [5, 5.41) is 17.8. The number of hydrogen-bond acceptors (Lipinski definition) is 4. The van der Waals surface area contributed by atoms with E-state index in [9.17, 15) is 9.90 Å². The zero-order chi connectivity index (χ0) is 17.2. The van der Waals surface area contributed by atoms with Crippen LogP contribution in [0.3, 0.4) is 0 Å². The Kier molecular flexibility index (Phi) is 4.61. The number of aromatic amines is 1. The van der Waals surface area contributed by atoms with Crippen molar-refractivity contribution in [2.24, 2.45) is 0 Å². The fourth-order valence-electron chi connectivity index (χ4n) is 4.18. The van der Waals surface area contributed by atoms with Crippen LogP contribution in [0.1, 0.15) is 72.1 Å². The maximum absolute atomic E-state index is 13.2. The summed E-state index contributed by atoms with van der Waals surface area (Å²) in [4.78, 5) is 15.1. The van der Waals surface area contributed by atoms with Gasteiger partial charge in [0.1, 0.15) is 11.9 Å². The van der Waals surface area contributed by atoms with Crippen LogP contribution < -0.4 is 0 Å². The summed E-state index contributed by atoms with van der Waals surface area (Å²) >= 11 is 0. The molecule has 134 valence electrons. The predicted octanol–water partition coefficient (Wildman–Crippen LogP) is 3.00. The van der Waals surface area contributed by atoms with Gasteiger partial charge in [-0.05, 0) is 44.2 Å². The van der Waals surface area contributed by atoms with Crippen molar-refractivity contribution in [3.05, 3.63) is 41.1 Å². The molecule has 1 amide bonds. The average Bonchev–Trinajstić information content (AvgIpc) is 3.31. The first-order valence-electron chi connectivity index (χ1n) is 9.32. The SMILES string of the molecule is O=C(c1n[nH]c2c1CCC2)N1CCCCC[C@@H]1C[C@H](O)c1ccco1. The normalized spacial score (nSPS) is 21.8. The summed E-state index contributed by atoms with van der Waals surface area (Å²) in [6.07, 6.45) is 8.52. The molecule has 0 spiro atoms. The monoisotopic (exact) mass is 343 g/mol. The number of amides is 1. The van der Waals surface area contributed by atoms with E-state index in [4.69, 9.17) is 4.42 Å². The molecule has 0 bridgehead atoms. The third-order valence-electron chi connectivity index (χ3n) is 5.51. The molecular formula is C19H25N3O3. The summed E-state index contributed by atoms with van der Waals surface area (Å²) in [5.41, 5.74) is 2.80. The van der Waals surface area contributed by atoms with Crippen molar-refractivity contribution in [2.75, 3.05) is 6.54 Å². The van der Waals surface area contributed by atoms with Gasteiger partial charge in [-0.2, -0.15) is 5.10 Å². The number of hydrogen-bond donors (Lipinski definition) is 2. The van der Waals surface area contributed by atoms with E-state index < -0.39 is 6.10 Å². The number of likely N-dealkylation sites (tertiary alicyclic amines) is 1. The molecule has 1 aliphatic carbocycles. The standard InChI is InChI=1S/C19H25N3O3/c23-16(17-9-5-11-25-17)12-13-6-2-1-3-10-22(13)19(24)18-14-7-4-8-15(14)20-21-18/h5,9,11,13,16,23H,1-4,6-8,10,12H2,(H,20,21)/t13-,16+/m1/s1. The molecule has 2 aliphatic rings. The molecule has 2 aromatic heterocycles. The molecule has 3 heterocycles. The van der Waals surface area contributed by atoms with Crippen LogP contribution >= 0.6 is 0 Å². The zero-order valence-corrected chi connectivity index (χ0v) is 14.4. The molecule has 4 rings (SSSR count). The minimum atomic E-state index is -0.682. The second kappa shape index (κ2) is 7.04. The molecule has 2 atom stereocenters. The van der Waals surface area contributed by atoms with E-state index in [-0.39, 0.29) is 11.9 Å². The number of carbonyl (C=O) groups excluding carboxylic acids is 1. The van der Waals surface area contributed by atoms with Crippen LogP contribution in [0.15, 0.2) is 22.8 Å². The van der Waals surface area contributed by atoms with Crippen LogP contribution in [0, 0.1) is 0 Å². The molecule has 0 radical (unpaired) electrons. The molecule has 0 unspecified atom stereocenters. The minimum absolute atomic E-state index is 0.0120. The lowest BCUT2D eigenvalue weighted by molar-refractivity contribution is 0.0551. The summed E-state index contributed by atoms with van der Waals surface area (Å²) in [6, 6.07) is 3.58. The van der Waals surface area contributed by atoms with Crippen LogP contribution in [0.4, 0.5) is 0 Å². The average molecular weight is 343 g/mol. The first-order chi connectivity index (χ1) is 12.2. The third kappa shape index (κ3) is 3.23. The van der Waals surface area contributed by atoms with Gasteiger partial charge in [-0.1, -0.05) is 12.8 Å². The van der Waals surface area contributed by atoms with Crippen LogP contribution in [0.25, 0.3) is 0 Å². The predicted molar refractivity (Wildman–Crippen MR) is 92.2 cm³/mol. The molecule has 1 fully saturated rings. The van der Waals surface area contributed by atoms with E-state index in [0.29, 0.717) is 17.9 Å². The lowest BCUT2D eigenvalue weighted by atomic mass is 10.0. The van der Waals surface area contributed by atoms with Crippen LogP contribution in [-0.4, -0.2) is 38.7 Å². The smallest absolute Gasteiger partial charge is 0.274 e. The highest BCUT2D eigenvalue weighted by Crippen LogP contribution is 2.30. The Morgan fingerprint density at radius 3 is 3.12 bits per heavy atom. The molecule has 25 heavy (non-hydrogen) atoms. The molecule has 0 aromatic carbocycles. The maximum Gasteiger partial charge on any atom is 0.274 e. The van der Waals surface area contributed by atoms with Gasteiger partial charge < -0.3 is 14.4 Å². The number of aromatic nitrogens is 2. The van der Waals surface area contributed by atoms with E-state index in [1.165, 1.54) is 0 Å². The van der Waals surface area contributed by atoms with Gasteiger partial charge in [-0.25, -0.2) is 0 Å². The number of H-pyrrole nitrogens is 1. The van der Waals surface area contributed by atoms with Gasteiger partial charge in [-0.3, -0.25) is 9.89 Å². The maximum atomic E-state index is 13.2. The molecule has 6 heteroatoms. The Morgan fingerprint density at radius 1 is 1.36 bits per heavy atom. The van der Waals surface area contributed by atoms with Crippen LogP contribution in [-0.2, 0) is 12.8 Å². The van der Waals surface area contributed by atoms with Crippen LogP contribution in [0.5, 0.6) is 0 Å². The molecule has 1 aliphatic heterocycles. The lowest BCUT2D eigenvalue weighted by Crippen LogP contribution is -2.41. The van der Waals surface area contributed by atoms with E-state index in [2.05, 4.69) is 10.2 Å². The topological polar surface area (TPSA) is 82.4 Å². The number of aliphatic hydroxyl groups excluding tert-OH is 1. The molecular weight excluding hydrogens is 318 g/mol. The highest BCUT2D eigenvalue weighted by atomic mass is 16.4. The van der Waals surface area contributed by atoms with Gasteiger partial charge in [0.15, 0.2) is 5.69 Å². The van der Waals surface area contributed by atoms with E-state index >= 15 is 0 Å². The van der Waals surface area contributed by atoms with Gasteiger partial charge in [0, 0.05) is 30.3 Å². The van der Waals surface area contributed by atoms with Gasteiger partial charge in [0.2, 0.25) is 0 Å². The molecule has 1 saturated heterocycles. The third-order valence-corrected chi connectivity index (χ3v) is 5.51. The second-order valence-electron chi connectivity index (χ2n) is 7.15. The molecule has 2 N–H and O–H groups in total. The fraction of sp³-hybridized carbons (Fsp3) is 0.579. The van der Waals surface area contributed by atoms with Crippen LogP contribution in [0.2, 0.25) is 0 Å². The summed E-state index contributed by atoms with van der Waals surface area (Å²) in [7, 11) is 0. The largest absolute Gasteiger partial charge is 0.467 e. The second-order valence-corrected chi connectivity index (χ2v) is 7.15. The fourth-order valence-corrected chi connectivity index (χ4v) is 4.18. The van der Waals surface area contributed by atoms with Crippen molar-refractivity contribution >= 4 is 5.91 Å². The highest BCUT2D eigenvalue weighted by Gasteiger charge is 2.32. The number of carbonyl (C=O) groups is 1. The number of fused-ring (bicyclic) bond motifs is 1. The van der Waals surface area contributed by atoms with E-state index in [0.717, 1.165) is 62.7 Å². The van der Waals surface area contributed by atoms with E-state index in [1.807, 2.05) is 4.90 Å². The first-order valence-corrected chi connectivity index (χ1v) is 9.32. The zero-order valence-electron chi connectivity index (χ0n) is 14.4. The van der Waals surface area contributed by atoms with Gasteiger partial charge >= 0.3 is 0 Å². The van der Waals surface area contributed by atoms with Crippen molar-refractivity contribution in [3.63, 3.8) is 0 Å². The first kappa shape index (κ1) is 16.4. The Morgan fingerprint density at radius 2 is 2.28 bits per heavy atom. The Labute approximate surface area is 147 Å². The van der Waals surface area contributed by atoms with Gasteiger partial charge in [0.05, 0.1) is 6.26 Å². The van der Waals surface area contributed by atoms with E-state index in [1.54, 1.807) is 18.4 Å². The summed E-state index contributed by atoms with van der Waals surface area (Å²) in [6.45, 7) is 0.732. The van der Waals surface area contributed by atoms with Crippen molar-refractivity contribution < 1.29 is 14.3 Å². The van der Waals surface area contributed by atoms with Crippen molar-refractivity contribution in [1.29, 1.82) is 0 Å². The Hall–Kier alpha value is -2.08. The van der Waals surface area contributed by atoms with Crippen molar-refractivity contribution in [1.82, 2.24) is 15.1 Å². The number of rotatable bonds is 4. The van der Waals surface area contributed by atoms with Crippen molar-refractivity contribution in [3.8, 4) is 0 Å².